The highest BCUT2D eigenvalue weighted by Crippen LogP contribution is 2.23. The average molecular weight is 436 g/mol. The van der Waals surface area contributed by atoms with Crippen molar-refractivity contribution in [1.82, 2.24) is 19.6 Å². The van der Waals surface area contributed by atoms with Gasteiger partial charge in [-0.3, -0.25) is 14.6 Å². The van der Waals surface area contributed by atoms with Crippen LogP contribution in [0.5, 0.6) is 0 Å². The Balaban J connectivity index is 1.70. The molecule has 30 heavy (non-hydrogen) atoms. The monoisotopic (exact) mass is 436 g/mol. The number of hydrogen-bond donors (Lipinski definition) is 4. The summed E-state index contributed by atoms with van der Waals surface area (Å²) in [5, 5.41) is 12.9. The summed E-state index contributed by atoms with van der Waals surface area (Å²) < 4.78 is 27.0. The molecule has 1 aromatic carbocycles. The van der Waals surface area contributed by atoms with Crippen molar-refractivity contribution < 1.29 is 18.3 Å². The van der Waals surface area contributed by atoms with E-state index in [2.05, 4.69) is 10.3 Å². The fourth-order valence-corrected chi connectivity index (χ4v) is 5.26. The number of nitrogens with one attached hydrogen (secondary N) is 3. The van der Waals surface area contributed by atoms with Gasteiger partial charge in [0.05, 0.1) is 12.0 Å². The van der Waals surface area contributed by atoms with Crippen molar-refractivity contribution in [2.45, 2.75) is 30.8 Å². The van der Waals surface area contributed by atoms with E-state index in [0.717, 1.165) is 4.31 Å². The summed E-state index contributed by atoms with van der Waals surface area (Å²) in [6.07, 6.45) is 0.0555. The maximum atomic E-state index is 13.0. The lowest BCUT2D eigenvalue weighted by Gasteiger charge is -2.31. The number of amides is 1. The molecule has 0 unspecified atom stereocenters. The third kappa shape index (κ3) is 4.69. The normalized spacial score (nSPS) is 18.7. The van der Waals surface area contributed by atoms with Gasteiger partial charge in [-0.25, -0.2) is 13.2 Å². The number of aromatic amines is 2. The zero-order chi connectivity index (χ0) is 21.9. The lowest BCUT2D eigenvalue weighted by atomic mass is 9.98. The van der Waals surface area contributed by atoms with Crippen LogP contribution in [0.1, 0.15) is 30.2 Å². The van der Waals surface area contributed by atoms with Crippen LogP contribution in [0.4, 0.5) is 0 Å². The van der Waals surface area contributed by atoms with Crippen LogP contribution in [-0.2, 0) is 14.8 Å². The Morgan fingerprint density at radius 3 is 2.63 bits per heavy atom. The standard InChI is InChI=1S/C19H24N4O6S/c1-12-16(18(26)22-19(27)21-12)30(28,29)23-9-5-8-14(11-23)17(25)20-10-15(24)13-6-3-2-4-7-13/h2-4,6-7,14-15,24H,5,8-11H2,1H3,(H,20,25)(H2,21,22,26,27)/t14-,15-/m0/s1. The molecule has 10 nitrogen and oxygen atoms in total. The number of carbonyl (C=O) groups is 1. The molecule has 0 bridgehead atoms. The zero-order valence-electron chi connectivity index (χ0n) is 16.4. The van der Waals surface area contributed by atoms with Gasteiger partial charge in [0.25, 0.3) is 5.56 Å². The fourth-order valence-electron chi connectivity index (χ4n) is 3.54. The van der Waals surface area contributed by atoms with Gasteiger partial charge in [0, 0.05) is 25.3 Å². The van der Waals surface area contributed by atoms with E-state index in [0.29, 0.717) is 18.4 Å². The molecule has 1 amide bonds. The molecule has 1 aliphatic heterocycles. The van der Waals surface area contributed by atoms with Gasteiger partial charge in [-0.2, -0.15) is 4.31 Å². The van der Waals surface area contributed by atoms with Crippen LogP contribution >= 0.6 is 0 Å². The van der Waals surface area contributed by atoms with Crippen LogP contribution < -0.4 is 16.6 Å². The molecule has 162 valence electrons. The zero-order valence-corrected chi connectivity index (χ0v) is 17.2. The van der Waals surface area contributed by atoms with E-state index in [1.54, 1.807) is 24.3 Å². The predicted molar refractivity (Wildman–Crippen MR) is 108 cm³/mol. The number of H-pyrrole nitrogens is 2. The Bertz CT molecular complexity index is 1130. The minimum atomic E-state index is -4.19. The van der Waals surface area contributed by atoms with Crippen molar-refractivity contribution in [1.29, 1.82) is 0 Å². The van der Waals surface area contributed by atoms with Crippen LogP contribution in [0, 0.1) is 12.8 Å². The van der Waals surface area contributed by atoms with Crippen LogP contribution in [0.15, 0.2) is 44.8 Å². The first-order valence-corrected chi connectivity index (χ1v) is 11.0. The summed E-state index contributed by atoms with van der Waals surface area (Å²) in [6, 6.07) is 8.88. The van der Waals surface area contributed by atoms with E-state index < -0.39 is 38.2 Å². The Morgan fingerprint density at radius 2 is 1.97 bits per heavy atom. The second-order valence-electron chi connectivity index (χ2n) is 7.24. The number of aliphatic hydroxyl groups excluding tert-OH is 1. The van der Waals surface area contributed by atoms with E-state index >= 15 is 0 Å². The van der Waals surface area contributed by atoms with Crippen LogP contribution in [0.25, 0.3) is 0 Å². The van der Waals surface area contributed by atoms with Crippen LogP contribution in [0.3, 0.4) is 0 Å². The SMILES string of the molecule is Cc1[nH]c(=O)[nH]c(=O)c1S(=O)(=O)N1CCC[C@H](C(=O)NC[C@H](O)c2ccccc2)C1. The van der Waals surface area contributed by atoms with Crippen molar-refractivity contribution >= 4 is 15.9 Å². The lowest BCUT2D eigenvalue weighted by molar-refractivity contribution is -0.126. The van der Waals surface area contributed by atoms with E-state index in [9.17, 15) is 27.9 Å². The van der Waals surface area contributed by atoms with Gasteiger partial charge in [0.15, 0.2) is 4.90 Å². The summed E-state index contributed by atoms with van der Waals surface area (Å²) in [7, 11) is -4.19. The first-order valence-electron chi connectivity index (χ1n) is 9.54. The molecule has 11 heteroatoms. The third-order valence-corrected chi connectivity index (χ3v) is 7.10. The minimum Gasteiger partial charge on any atom is -0.387 e. The van der Waals surface area contributed by atoms with Gasteiger partial charge in [0.2, 0.25) is 15.9 Å². The first-order chi connectivity index (χ1) is 14.2. The molecule has 1 aromatic heterocycles. The van der Waals surface area contributed by atoms with E-state index in [1.165, 1.54) is 6.92 Å². The highest BCUT2D eigenvalue weighted by molar-refractivity contribution is 7.89. The number of aryl methyl sites for hydroxylation is 1. The Labute approximate surface area is 173 Å². The van der Waals surface area contributed by atoms with E-state index in [4.69, 9.17) is 0 Å². The van der Waals surface area contributed by atoms with E-state index in [-0.39, 0.29) is 31.2 Å². The van der Waals surface area contributed by atoms with Gasteiger partial charge in [-0.1, -0.05) is 30.3 Å². The molecular formula is C19H24N4O6S. The van der Waals surface area contributed by atoms with Crippen molar-refractivity contribution in [2.24, 2.45) is 5.92 Å². The molecule has 2 atom stereocenters. The minimum absolute atomic E-state index is 0.00476. The highest BCUT2D eigenvalue weighted by atomic mass is 32.2. The molecule has 0 aliphatic carbocycles. The molecular weight excluding hydrogens is 412 g/mol. The largest absolute Gasteiger partial charge is 0.387 e. The van der Waals surface area contributed by atoms with Crippen molar-refractivity contribution in [3.63, 3.8) is 0 Å². The molecule has 2 aromatic rings. The smallest absolute Gasteiger partial charge is 0.325 e. The molecule has 0 spiro atoms. The maximum Gasteiger partial charge on any atom is 0.325 e. The molecule has 1 aliphatic rings. The topological polar surface area (TPSA) is 152 Å². The number of aromatic nitrogens is 2. The van der Waals surface area contributed by atoms with Crippen LogP contribution in [0.2, 0.25) is 0 Å². The molecule has 1 fully saturated rings. The van der Waals surface area contributed by atoms with E-state index in [1.807, 2.05) is 11.1 Å². The third-order valence-electron chi connectivity index (χ3n) is 5.08. The van der Waals surface area contributed by atoms with Gasteiger partial charge in [-0.05, 0) is 25.3 Å². The molecule has 0 radical (unpaired) electrons. The molecule has 3 rings (SSSR count). The van der Waals surface area contributed by atoms with Gasteiger partial charge in [0.1, 0.15) is 0 Å². The maximum absolute atomic E-state index is 13.0. The van der Waals surface area contributed by atoms with Crippen molar-refractivity contribution in [2.75, 3.05) is 19.6 Å². The summed E-state index contributed by atoms with van der Waals surface area (Å²) in [6.45, 7) is 1.41. The second-order valence-corrected chi connectivity index (χ2v) is 9.11. The number of benzene rings is 1. The second kappa shape index (κ2) is 8.94. The fraction of sp³-hybridized carbons (Fsp3) is 0.421. The number of rotatable bonds is 6. The summed E-state index contributed by atoms with van der Waals surface area (Å²) in [4.78, 5) is 39.7. The number of carbonyl (C=O) groups excluding carboxylic acids is 1. The molecule has 0 saturated carbocycles. The number of aliphatic hydroxyl groups is 1. The molecule has 1 saturated heterocycles. The number of hydrogen-bond acceptors (Lipinski definition) is 6. The first kappa shape index (κ1) is 21.9. The van der Waals surface area contributed by atoms with Crippen molar-refractivity contribution in [3.05, 3.63) is 62.4 Å². The molecule has 2 heterocycles. The Kier molecular flexibility index (Phi) is 6.54. The van der Waals surface area contributed by atoms with Gasteiger partial charge < -0.3 is 15.4 Å². The van der Waals surface area contributed by atoms with Crippen molar-refractivity contribution in [3.8, 4) is 0 Å². The number of sulfonamides is 1. The number of nitrogens with zero attached hydrogens (tertiary/aromatic N) is 1. The van der Waals surface area contributed by atoms with Gasteiger partial charge >= 0.3 is 5.69 Å². The Morgan fingerprint density at radius 1 is 1.27 bits per heavy atom. The summed E-state index contributed by atoms with van der Waals surface area (Å²) in [5.41, 5.74) is -1.17. The quantitative estimate of drug-likeness (QED) is 0.484. The molecule has 4 N–H and O–H groups in total. The van der Waals surface area contributed by atoms with Gasteiger partial charge in [-0.15, -0.1) is 0 Å². The summed E-state index contributed by atoms with van der Waals surface area (Å²) in [5.74, 6) is -0.976. The highest BCUT2D eigenvalue weighted by Gasteiger charge is 2.36. The Hall–Kier alpha value is -2.76. The average Bonchev–Trinajstić information content (AvgIpc) is 2.71. The summed E-state index contributed by atoms with van der Waals surface area (Å²) >= 11 is 0. The van der Waals surface area contributed by atoms with Crippen LogP contribution in [-0.4, -0.2) is 53.3 Å². The predicted octanol–water partition coefficient (Wildman–Crippen LogP) is -0.378. The number of piperidine rings is 1. The lowest BCUT2D eigenvalue weighted by Crippen LogP contribution is -2.47.